The molecule has 0 aliphatic carbocycles. The standard InChI is InChI=1S/C10H11N3O2/c1-13-7-4-3-5-11-10(7)12-8(13)6-9(14)15-2/h3-5H,6H2,1-2H3. The van der Waals surface area contributed by atoms with E-state index in [2.05, 4.69) is 14.7 Å². The van der Waals surface area contributed by atoms with E-state index in [-0.39, 0.29) is 12.4 Å². The van der Waals surface area contributed by atoms with Gasteiger partial charge >= 0.3 is 5.97 Å². The minimum Gasteiger partial charge on any atom is -0.469 e. The van der Waals surface area contributed by atoms with Crippen molar-refractivity contribution in [2.75, 3.05) is 7.11 Å². The number of methoxy groups -OCH3 is 1. The molecular weight excluding hydrogens is 194 g/mol. The fraction of sp³-hybridized carbons (Fsp3) is 0.300. The number of nitrogens with zero attached hydrogens (tertiary/aromatic N) is 3. The maximum atomic E-state index is 11.1. The number of esters is 1. The van der Waals surface area contributed by atoms with Crippen LogP contribution in [0.25, 0.3) is 11.2 Å². The first-order valence-electron chi connectivity index (χ1n) is 4.55. The summed E-state index contributed by atoms with van der Waals surface area (Å²) >= 11 is 0. The van der Waals surface area contributed by atoms with Crippen molar-refractivity contribution in [3.63, 3.8) is 0 Å². The third-order valence-corrected chi connectivity index (χ3v) is 2.28. The molecule has 0 fully saturated rings. The van der Waals surface area contributed by atoms with Gasteiger partial charge in [-0.15, -0.1) is 0 Å². The molecule has 0 aromatic carbocycles. The number of fused-ring (bicyclic) bond motifs is 1. The second kappa shape index (κ2) is 3.68. The summed E-state index contributed by atoms with van der Waals surface area (Å²) in [5.41, 5.74) is 1.57. The summed E-state index contributed by atoms with van der Waals surface area (Å²) in [5, 5.41) is 0. The van der Waals surface area contributed by atoms with Crippen LogP contribution < -0.4 is 0 Å². The van der Waals surface area contributed by atoms with Crippen LogP contribution >= 0.6 is 0 Å². The van der Waals surface area contributed by atoms with E-state index >= 15 is 0 Å². The molecule has 0 bridgehead atoms. The van der Waals surface area contributed by atoms with Gasteiger partial charge in [-0.25, -0.2) is 9.97 Å². The van der Waals surface area contributed by atoms with E-state index in [4.69, 9.17) is 0 Å². The zero-order valence-corrected chi connectivity index (χ0v) is 8.60. The third kappa shape index (κ3) is 1.68. The molecule has 0 radical (unpaired) electrons. The molecule has 0 saturated heterocycles. The van der Waals surface area contributed by atoms with Gasteiger partial charge in [0.05, 0.1) is 12.6 Å². The van der Waals surface area contributed by atoms with Crippen molar-refractivity contribution in [3.8, 4) is 0 Å². The Labute approximate surface area is 86.7 Å². The van der Waals surface area contributed by atoms with E-state index in [9.17, 15) is 4.79 Å². The number of aromatic nitrogens is 3. The van der Waals surface area contributed by atoms with Crippen molar-refractivity contribution in [1.82, 2.24) is 14.5 Å². The Hall–Kier alpha value is -1.91. The van der Waals surface area contributed by atoms with Crippen LogP contribution in [-0.4, -0.2) is 27.6 Å². The SMILES string of the molecule is COC(=O)Cc1nc2ncccc2n1C. The number of ether oxygens (including phenoxy) is 1. The van der Waals surface area contributed by atoms with Crippen molar-refractivity contribution >= 4 is 17.1 Å². The van der Waals surface area contributed by atoms with Gasteiger partial charge < -0.3 is 9.30 Å². The molecule has 2 rings (SSSR count). The van der Waals surface area contributed by atoms with Crippen LogP contribution in [0, 0.1) is 0 Å². The molecule has 0 aliphatic rings. The van der Waals surface area contributed by atoms with Crippen molar-refractivity contribution in [2.24, 2.45) is 7.05 Å². The predicted octanol–water partition coefficient (Wildman–Crippen LogP) is 0.684. The average molecular weight is 205 g/mol. The number of pyridine rings is 1. The smallest absolute Gasteiger partial charge is 0.313 e. The first-order valence-corrected chi connectivity index (χ1v) is 4.55. The summed E-state index contributed by atoms with van der Waals surface area (Å²) in [6.45, 7) is 0. The predicted molar refractivity (Wildman–Crippen MR) is 54.2 cm³/mol. The minimum atomic E-state index is -0.298. The van der Waals surface area contributed by atoms with Gasteiger partial charge in [0.1, 0.15) is 12.2 Å². The molecule has 0 spiro atoms. The molecule has 0 unspecified atom stereocenters. The van der Waals surface area contributed by atoms with Gasteiger partial charge in [-0.3, -0.25) is 4.79 Å². The fourth-order valence-corrected chi connectivity index (χ4v) is 1.43. The van der Waals surface area contributed by atoms with Gasteiger partial charge in [0, 0.05) is 13.2 Å². The monoisotopic (exact) mass is 205 g/mol. The Bertz CT molecular complexity index is 504. The molecule has 15 heavy (non-hydrogen) atoms. The molecule has 78 valence electrons. The second-order valence-corrected chi connectivity index (χ2v) is 3.19. The van der Waals surface area contributed by atoms with Gasteiger partial charge in [0.25, 0.3) is 0 Å². The number of carbonyl (C=O) groups excluding carboxylic acids is 1. The Morgan fingerprint density at radius 2 is 2.40 bits per heavy atom. The first-order chi connectivity index (χ1) is 7.22. The highest BCUT2D eigenvalue weighted by Gasteiger charge is 2.11. The fourth-order valence-electron chi connectivity index (χ4n) is 1.43. The van der Waals surface area contributed by atoms with Crippen LogP contribution in [0.15, 0.2) is 18.3 Å². The van der Waals surface area contributed by atoms with Crippen LogP contribution in [0.4, 0.5) is 0 Å². The van der Waals surface area contributed by atoms with Crippen LogP contribution in [0.5, 0.6) is 0 Å². The lowest BCUT2D eigenvalue weighted by molar-refractivity contribution is -0.139. The third-order valence-electron chi connectivity index (χ3n) is 2.28. The zero-order valence-electron chi connectivity index (χ0n) is 8.60. The van der Waals surface area contributed by atoms with Crippen molar-refractivity contribution in [1.29, 1.82) is 0 Å². The van der Waals surface area contributed by atoms with Crippen molar-refractivity contribution in [2.45, 2.75) is 6.42 Å². The topological polar surface area (TPSA) is 57.0 Å². The molecule has 0 aliphatic heterocycles. The maximum Gasteiger partial charge on any atom is 0.313 e. The normalized spacial score (nSPS) is 10.5. The number of rotatable bonds is 2. The molecule has 5 nitrogen and oxygen atoms in total. The molecule has 2 aromatic heterocycles. The summed E-state index contributed by atoms with van der Waals surface area (Å²) in [7, 11) is 3.22. The highest BCUT2D eigenvalue weighted by molar-refractivity contribution is 5.75. The van der Waals surface area contributed by atoms with Crippen LogP contribution in [0.1, 0.15) is 5.82 Å². The largest absolute Gasteiger partial charge is 0.469 e. The quantitative estimate of drug-likeness (QED) is 0.676. The molecule has 0 N–H and O–H groups in total. The maximum absolute atomic E-state index is 11.1. The molecule has 2 heterocycles. The van der Waals surface area contributed by atoms with E-state index in [1.165, 1.54) is 7.11 Å². The second-order valence-electron chi connectivity index (χ2n) is 3.19. The molecule has 2 aromatic rings. The summed E-state index contributed by atoms with van der Waals surface area (Å²) < 4.78 is 6.44. The number of aryl methyl sites for hydroxylation is 1. The lowest BCUT2D eigenvalue weighted by Gasteiger charge is -1.99. The number of hydrogen-bond acceptors (Lipinski definition) is 4. The summed E-state index contributed by atoms with van der Waals surface area (Å²) in [6.07, 6.45) is 1.85. The van der Waals surface area contributed by atoms with Gasteiger partial charge in [-0.05, 0) is 12.1 Å². The van der Waals surface area contributed by atoms with Gasteiger partial charge in [-0.1, -0.05) is 0 Å². The van der Waals surface area contributed by atoms with Gasteiger partial charge in [0.15, 0.2) is 5.65 Å². The van der Waals surface area contributed by atoms with Crippen LogP contribution in [0.2, 0.25) is 0 Å². The van der Waals surface area contributed by atoms with Crippen molar-refractivity contribution < 1.29 is 9.53 Å². The summed E-state index contributed by atoms with van der Waals surface area (Å²) in [5.74, 6) is 0.365. The highest BCUT2D eigenvalue weighted by atomic mass is 16.5. The van der Waals surface area contributed by atoms with E-state index < -0.39 is 0 Å². The van der Waals surface area contributed by atoms with E-state index in [1.54, 1.807) is 6.20 Å². The minimum absolute atomic E-state index is 0.170. The zero-order chi connectivity index (χ0) is 10.8. The van der Waals surface area contributed by atoms with Gasteiger partial charge in [0.2, 0.25) is 0 Å². The lowest BCUT2D eigenvalue weighted by Crippen LogP contribution is -2.09. The number of hydrogen-bond donors (Lipinski definition) is 0. The molecule has 0 atom stereocenters. The molecule has 0 saturated carbocycles. The number of carbonyl (C=O) groups is 1. The Kier molecular flexibility index (Phi) is 2.37. The Morgan fingerprint density at radius 1 is 1.60 bits per heavy atom. The first kappa shape index (κ1) is 9.64. The molecule has 0 amide bonds. The average Bonchev–Trinajstić information content (AvgIpc) is 2.57. The van der Waals surface area contributed by atoms with Crippen molar-refractivity contribution in [3.05, 3.63) is 24.2 Å². The molecule has 5 heteroatoms. The van der Waals surface area contributed by atoms with Crippen LogP contribution in [0.3, 0.4) is 0 Å². The Balaban J connectivity index is 2.44. The van der Waals surface area contributed by atoms with E-state index in [0.717, 1.165) is 5.52 Å². The van der Waals surface area contributed by atoms with E-state index in [0.29, 0.717) is 11.5 Å². The summed E-state index contributed by atoms with van der Waals surface area (Å²) in [6, 6.07) is 3.75. The van der Waals surface area contributed by atoms with Crippen LogP contribution in [-0.2, 0) is 23.0 Å². The summed E-state index contributed by atoms with van der Waals surface area (Å²) in [4.78, 5) is 19.5. The van der Waals surface area contributed by atoms with E-state index in [1.807, 2.05) is 23.7 Å². The Morgan fingerprint density at radius 3 is 3.07 bits per heavy atom. The molecular formula is C10H11N3O2. The van der Waals surface area contributed by atoms with Gasteiger partial charge in [-0.2, -0.15) is 0 Å². The number of imidazole rings is 1. The highest BCUT2D eigenvalue weighted by Crippen LogP contribution is 2.12. The lowest BCUT2D eigenvalue weighted by atomic mass is 10.4.